The summed E-state index contributed by atoms with van der Waals surface area (Å²) in [5.41, 5.74) is 1.31. The number of fused-ring (bicyclic) bond motifs is 1. The number of methoxy groups -OCH3 is 1. The number of nitrogens with zero attached hydrogens (tertiary/aromatic N) is 1. The number of benzene rings is 1. The Labute approximate surface area is 164 Å². The lowest BCUT2D eigenvalue weighted by atomic mass is 9.54. The van der Waals surface area contributed by atoms with Crippen molar-refractivity contribution in [2.24, 2.45) is 5.92 Å². The molecule has 1 aliphatic heterocycles. The maximum atomic E-state index is 12.8. The topological polar surface area (TPSA) is 59.0 Å². The van der Waals surface area contributed by atoms with Crippen LogP contribution in [0.3, 0.4) is 0 Å². The second-order valence-corrected chi connectivity index (χ2v) is 8.62. The van der Waals surface area contributed by atoms with Gasteiger partial charge in [-0.3, -0.25) is 4.79 Å². The van der Waals surface area contributed by atoms with Crippen LogP contribution in [0.25, 0.3) is 0 Å². The quantitative estimate of drug-likeness (QED) is 0.855. The molecule has 1 N–H and O–H groups in total. The molecule has 1 heterocycles. The van der Waals surface area contributed by atoms with E-state index in [1.807, 2.05) is 19.9 Å². The first-order chi connectivity index (χ1) is 12.8. The Hall–Kier alpha value is -1.72. The van der Waals surface area contributed by atoms with Gasteiger partial charge in [-0.1, -0.05) is 11.6 Å². The number of aromatic hydroxyl groups is 1. The Kier molecular flexibility index (Phi) is 4.43. The second-order valence-electron chi connectivity index (χ2n) is 8.21. The number of likely N-dealkylation sites (tertiary alicyclic amines) is 1. The fraction of sp³-hybridized carbons (Fsp3) is 0.571. The maximum Gasteiger partial charge on any atom is 0.197 e. The molecule has 0 spiro atoms. The minimum Gasteiger partial charge on any atom is -0.504 e. The SMILES string of the molecule is COc1cc(Cl)c2c(c1O)[C@@]13C=C(OC(C)C)C(=O)C[C@H]1[C@@H](C2)N(C)CC3. The van der Waals surface area contributed by atoms with Gasteiger partial charge in [0.1, 0.15) is 0 Å². The smallest absolute Gasteiger partial charge is 0.197 e. The van der Waals surface area contributed by atoms with Gasteiger partial charge >= 0.3 is 0 Å². The number of ketones is 1. The van der Waals surface area contributed by atoms with E-state index in [1.54, 1.807) is 6.07 Å². The average molecular weight is 392 g/mol. The number of ether oxygens (including phenoxy) is 2. The summed E-state index contributed by atoms with van der Waals surface area (Å²) in [4.78, 5) is 15.1. The number of carbonyl (C=O) groups excluding carboxylic acids is 1. The molecule has 0 radical (unpaired) electrons. The monoisotopic (exact) mass is 391 g/mol. The lowest BCUT2D eigenvalue weighted by molar-refractivity contribution is -0.124. The molecule has 1 fully saturated rings. The molecule has 0 saturated carbocycles. The molecule has 5 nitrogen and oxygen atoms in total. The first-order valence-corrected chi connectivity index (χ1v) is 9.88. The molecule has 0 aromatic heterocycles. The van der Waals surface area contributed by atoms with Gasteiger partial charge in [0.05, 0.1) is 13.2 Å². The van der Waals surface area contributed by atoms with Crippen molar-refractivity contribution >= 4 is 17.4 Å². The zero-order valence-corrected chi connectivity index (χ0v) is 17.0. The largest absolute Gasteiger partial charge is 0.504 e. The summed E-state index contributed by atoms with van der Waals surface area (Å²) in [6.45, 7) is 4.72. The molecule has 0 amide bonds. The van der Waals surface area contributed by atoms with E-state index in [9.17, 15) is 9.90 Å². The van der Waals surface area contributed by atoms with E-state index in [1.165, 1.54) is 7.11 Å². The molecule has 3 aliphatic rings. The molecule has 2 aliphatic carbocycles. The van der Waals surface area contributed by atoms with Gasteiger partial charge in [0.15, 0.2) is 23.0 Å². The third-order valence-corrected chi connectivity index (χ3v) is 6.76. The zero-order valence-electron chi connectivity index (χ0n) is 16.2. The van der Waals surface area contributed by atoms with Crippen molar-refractivity contribution in [3.8, 4) is 11.5 Å². The van der Waals surface area contributed by atoms with E-state index >= 15 is 0 Å². The minimum absolute atomic E-state index is 0.0431. The van der Waals surface area contributed by atoms with Gasteiger partial charge in [-0.05, 0) is 57.8 Å². The van der Waals surface area contributed by atoms with Crippen LogP contribution in [0, 0.1) is 5.92 Å². The fourth-order valence-corrected chi connectivity index (χ4v) is 5.50. The van der Waals surface area contributed by atoms with Crippen molar-refractivity contribution in [1.29, 1.82) is 0 Å². The third-order valence-electron chi connectivity index (χ3n) is 6.42. The molecule has 27 heavy (non-hydrogen) atoms. The number of likely N-dealkylation sites (N-methyl/N-ethyl adjacent to an activating group) is 1. The Morgan fingerprint density at radius 1 is 1.37 bits per heavy atom. The van der Waals surface area contributed by atoms with E-state index in [4.69, 9.17) is 21.1 Å². The van der Waals surface area contributed by atoms with E-state index < -0.39 is 5.41 Å². The summed E-state index contributed by atoms with van der Waals surface area (Å²) in [7, 11) is 3.63. The molecule has 146 valence electrons. The Bertz CT molecular complexity index is 834. The van der Waals surface area contributed by atoms with Gasteiger partial charge in [-0.2, -0.15) is 0 Å². The zero-order chi connectivity index (χ0) is 19.5. The molecule has 1 aromatic carbocycles. The number of hydrogen-bond acceptors (Lipinski definition) is 5. The van der Waals surface area contributed by atoms with Crippen molar-refractivity contribution in [3.05, 3.63) is 34.1 Å². The number of piperidine rings is 1. The van der Waals surface area contributed by atoms with Crippen LogP contribution < -0.4 is 4.74 Å². The van der Waals surface area contributed by atoms with Crippen LogP contribution in [-0.2, 0) is 21.4 Å². The highest BCUT2D eigenvalue weighted by Gasteiger charge is 2.56. The van der Waals surface area contributed by atoms with Gasteiger partial charge in [0, 0.05) is 34.5 Å². The summed E-state index contributed by atoms with van der Waals surface area (Å²) >= 11 is 6.61. The number of Topliss-reactive ketones (excluding diaryl/α,β-unsaturated/α-hetero) is 1. The number of phenols is 1. The van der Waals surface area contributed by atoms with Crippen LogP contribution in [0.4, 0.5) is 0 Å². The van der Waals surface area contributed by atoms with Crippen molar-refractivity contribution in [1.82, 2.24) is 4.90 Å². The molecule has 4 rings (SSSR count). The molecule has 3 atom stereocenters. The number of rotatable bonds is 3. The summed E-state index contributed by atoms with van der Waals surface area (Å²) in [6.07, 6.45) is 3.82. The van der Waals surface area contributed by atoms with Crippen LogP contribution >= 0.6 is 11.6 Å². The predicted octanol–water partition coefficient (Wildman–Crippen LogP) is 3.45. The summed E-state index contributed by atoms with van der Waals surface area (Å²) in [6, 6.07) is 1.89. The molecule has 6 heteroatoms. The average Bonchev–Trinajstić information content (AvgIpc) is 2.61. The first-order valence-electron chi connectivity index (χ1n) is 9.50. The van der Waals surface area contributed by atoms with E-state index in [0.717, 1.165) is 30.5 Å². The van der Waals surface area contributed by atoms with Crippen LogP contribution in [0.2, 0.25) is 5.02 Å². The Morgan fingerprint density at radius 3 is 2.78 bits per heavy atom. The van der Waals surface area contributed by atoms with Crippen molar-refractivity contribution in [2.75, 3.05) is 20.7 Å². The molecule has 1 saturated heterocycles. The summed E-state index contributed by atoms with van der Waals surface area (Å²) < 4.78 is 11.2. The number of halogens is 1. The number of allylic oxidation sites excluding steroid dienone is 2. The lowest BCUT2D eigenvalue weighted by Gasteiger charge is -2.56. The molecular formula is C21H26ClNO4. The highest BCUT2D eigenvalue weighted by molar-refractivity contribution is 6.31. The lowest BCUT2D eigenvalue weighted by Crippen LogP contribution is -2.60. The van der Waals surface area contributed by atoms with E-state index in [-0.39, 0.29) is 29.6 Å². The second kappa shape index (κ2) is 6.42. The highest BCUT2D eigenvalue weighted by Crippen LogP contribution is 2.58. The van der Waals surface area contributed by atoms with Crippen LogP contribution in [0.15, 0.2) is 17.9 Å². The third kappa shape index (κ3) is 2.66. The van der Waals surface area contributed by atoms with E-state index in [0.29, 0.717) is 23.0 Å². The maximum absolute atomic E-state index is 12.8. The molecule has 1 aromatic rings. The van der Waals surface area contributed by atoms with Gasteiger partial charge in [-0.15, -0.1) is 0 Å². The van der Waals surface area contributed by atoms with Crippen LogP contribution in [0.5, 0.6) is 11.5 Å². The van der Waals surface area contributed by atoms with Crippen LogP contribution in [0.1, 0.15) is 37.8 Å². The van der Waals surface area contributed by atoms with Crippen molar-refractivity contribution in [3.63, 3.8) is 0 Å². The van der Waals surface area contributed by atoms with Crippen molar-refractivity contribution < 1.29 is 19.4 Å². The Morgan fingerprint density at radius 2 is 2.11 bits per heavy atom. The number of phenolic OH excluding ortho intramolecular Hbond substituents is 1. The molecule has 0 unspecified atom stereocenters. The van der Waals surface area contributed by atoms with Gasteiger partial charge in [-0.25, -0.2) is 0 Å². The summed E-state index contributed by atoms with van der Waals surface area (Å²) in [5, 5.41) is 11.7. The van der Waals surface area contributed by atoms with Crippen LogP contribution in [-0.4, -0.2) is 48.6 Å². The van der Waals surface area contributed by atoms with E-state index in [2.05, 4.69) is 11.9 Å². The minimum atomic E-state index is -0.467. The number of hydrogen-bond donors (Lipinski definition) is 1. The Balaban J connectivity index is 1.99. The standard InChI is InChI=1S/C21H26ClNO4/c1-11(2)27-18-10-21-5-6-23(3)15(13(21)8-16(18)24)7-12-14(22)9-17(26-4)20(25)19(12)21/h9-11,13,15,25H,5-8H2,1-4H3/t13-,15+,21-/m0/s1. The number of carbonyl (C=O) groups is 1. The normalized spacial score (nSPS) is 29.9. The molecular weight excluding hydrogens is 366 g/mol. The van der Waals surface area contributed by atoms with Crippen molar-refractivity contribution in [2.45, 2.75) is 50.7 Å². The summed E-state index contributed by atoms with van der Waals surface area (Å²) in [5.74, 6) is 1.06. The van der Waals surface area contributed by atoms with Gasteiger partial charge in [0.25, 0.3) is 0 Å². The molecule has 2 bridgehead atoms. The fourth-order valence-electron chi connectivity index (χ4n) is 5.23. The first kappa shape index (κ1) is 18.6. The van der Waals surface area contributed by atoms with Gasteiger partial charge < -0.3 is 19.5 Å². The predicted molar refractivity (Wildman–Crippen MR) is 104 cm³/mol. The van der Waals surface area contributed by atoms with Gasteiger partial charge in [0.2, 0.25) is 0 Å². The highest BCUT2D eigenvalue weighted by atomic mass is 35.5.